The van der Waals surface area contributed by atoms with Gasteiger partial charge in [-0.3, -0.25) is 24.0 Å². The van der Waals surface area contributed by atoms with Crippen LogP contribution in [0.3, 0.4) is 0 Å². The van der Waals surface area contributed by atoms with E-state index in [4.69, 9.17) is 94.7 Å². The second kappa shape index (κ2) is 46.6. The van der Waals surface area contributed by atoms with Gasteiger partial charge in [0.2, 0.25) is 23.6 Å². The van der Waals surface area contributed by atoms with Crippen molar-refractivity contribution in [1.82, 2.24) is 21.3 Å². The normalized spacial score (nSPS) is 48.1. The molecule has 10 heterocycles. The fourth-order valence-electron chi connectivity index (χ4n) is 17.0. The van der Waals surface area contributed by atoms with Crippen molar-refractivity contribution in [2.45, 2.75) is 354 Å². The zero-order chi connectivity index (χ0) is 95.1. The zero-order valence-corrected chi connectivity index (χ0v) is 70.0. The van der Waals surface area contributed by atoms with Gasteiger partial charge in [-0.2, -0.15) is 0 Å². The Labute approximate surface area is 732 Å². The largest absolute Gasteiger partial charge is 0.410 e. The first-order valence-electron chi connectivity index (χ1n) is 41.4. The SMILES string of the molecule is CC(=O)NC1C(O)[C@H](O[C@@H]2OC(CO)[C@H](O)[C@H](O[C@]3(OC=O)C[C@@H](O)[C@@H](C)C([C@H](O)[C@H](O)CO)O3)C2O)[C@H](CO)O[C@H]1OC1[C@@H](OCC2O[C@@H](O[C@@H]3C(CO)O[C@@H](O[C@@H]4C(CO)O[C@@H](C)[C@@H](NC(C)=O)C4O)[C@@H](NC(C)=O)C3O)[C@H](O)C(O[C@H]3OC(CO)[C@@H](O)C(O)C3O[C@@H]3OC(CO)[C@@H](O[C@@H]4OC(CO)[C@H](O)[C@H](O)C4O)[C@H](O)C3NC(C)=O)[C@@H]2O)OC(CO)[C@@H](O)[C@@H]1O. The Morgan fingerprint density at radius 3 is 1.08 bits per heavy atom. The lowest BCUT2D eigenvalue weighted by atomic mass is 9.87. The second-order valence-electron chi connectivity index (χ2n) is 32.9. The molecule has 129 heavy (non-hydrogen) atoms. The maximum absolute atomic E-state index is 13.2. The van der Waals surface area contributed by atoms with Gasteiger partial charge in [0.1, 0.15) is 226 Å². The van der Waals surface area contributed by atoms with Gasteiger partial charge in [-0.05, 0) is 6.92 Å². The van der Waals surface area contributed by atoms with Gasteiger partial charge < -0.3 is 254 Å². The number of ether oxygens (including phenoxy) is 20. The van der Waals surface area contributed by atoms with Gasteiger partial charge in [0.25, 0.3) is 6.47 Å². The van der Waals surface area contributed by atoms with E-state index in [0.717, 1.165) is 27.7 Å². The van der Waals surface area contributed by atoms with Crippen LogP contribution in [0.1, 0.15) is 48.0 Å². The second-order valence-corrected chi connectivity index (χ2v) is 32.9. The van der Waals surface area contributed by atoms with E-state index in [2.05, 4.69) is 21.3 Å². The molecule has 0 spiro atoms. The Kier molecular flexibility index (Phi) is 38.5. The molecule has 20 unspecified atom stereocenters. The number of aliphatic hydroxyl groups excluding tert-OH is 27. The van der Waals surface area contributed by atoms with E-state index < -0.39 is 408 Å². The first-order valence-corrected chi connectivity index (χ1v) is 41.4. The summed E-state index contributed by atoms with van der Waals surface area (Å²) >= 11 is 0. The number of aliphatic hydroxyl groups is 27. The molecule has 746 valence electrons. The van der Waals surface area contributed by atoms with Gasteiger partial charge in [0.05, 0.1) is 96.8 Å². The first-order chi connectivity index (χ1) is 61.0. The summed E-state index contributed by atoms with van der Waals surface area (Å²) in [7, 11) is 0. The Hall–Kier alpha value is -4.49. The van der Waals surface area contributed by atoms with Crippen LogP contribution < -0.4 is 21.3 Å². The third kappa shape index (κ3) is 23.7. The molecule has 0 radical (unpaired) electrons. The van der Waals surface area contributed by atoms with Crippen LogP contribution in [0, 0.1) is 5.92 Å². The van der Waals surface area contributed by atoms with Crippen molar-refractivity contribution >= 4 is 30.1 Å². The number of amides is 4. The monoisotopic (exact) mass is 1890 g/mol. The summed E-state index contributed by atoms with van der Waals surface area (Å²) in [5.41, 5.74) is 0. The van der Waals surface area contributed by atoms with Crippen LogP contribution in [-0.2, 0) is 119 Å². The molecule has 56 nitrogen and oxygen atoms in total. The van der Waals surface area contributed by atoms with Crippen molar-refractivity contribution in [3.8, 4) is 0 Å². The van der Waals surface area contributed by atoms with Crippen LogP contribution in [0.4, 0.5) is 0 Å². The number of nitrogens with one attached hydrogen (secondary N) is 4. The number of hydrogen-bond donors (Lipinski definition) is 31. The molecule has 51 atom stereocenters. The molecule has 0 saturated carbocycles. The van der Waals surface area contributed by atoms with Gasteiger partial charge >= 0.3 is 5.97 Å². The fraction of sp³-hybridized carbons (Fsp3) is 0.932. The molecule has 4 amide bonds. The quantitative estimate of drug-likeness (QED) is 0.0205. The van der Waals surface area contributed by atoms with Crippen LogP contribution in [0.15, 0.2) is 0 Å². The molecule has 0 aromatic heterocycles. The Balaban J connectivity index is 0.967. The lowest BCUT2D eigenvalue weighted by molar-refractivity contribution is -0.448. The summed E-state index contributed by atoms with van der Waals surface area (Å²) < 4.78 is 119. The van der Waals surface area contributed by atoms with Crippen molar-refractivity contribution in [1.29, 1.82) is 0 Å². The van der Waals surface area contributed by atoms with E-state index in [9.17, 15) is 162 Å². The van der Waals surface area contributed by atoms with E-state index in [0.29, 0.717) is 0 Å². The Morgan fingerprint density at radius 2 is 0.667 bits per heavy atom. The van der Waals surface area contributed by atoms with Crippen LogP contribution in [0.2, 0.25) is 0 Å². The van der Waals surface area contributed by atoms with Crippen molar-refractivity contribution in [2.75, 3.05) is 66.1 Å². The Bertz CT molecular complexity index is 3520. The third-order valence-corrected chi connectivity index (χ3v) is 24.0. The van der Waals surface area contributed by atoms with Crippen LogP contribution >= 0.6 is 0 Å². The highest BCUT2D eigenvalue weighted by atomic mass is 16.9. The summed E-state index contributed by atoms with van der Waals surface area (Å²) in [6.07, 6.45) is -94.7. The van der Waals surface area contributed by atoms with Crippen molar-refractivity contribution < 1.29 is 257 Å². The molecule has 31 N–H and O–H groups in total. The molecule has 10 aliphatic rings. The van der Waals surface area contributed by atoms with Crippen molar-refractivity contribution in [2.24, 2.45) is 5.92 Å². The molecule has 0 aliphatic carbocycles. The third-order valence-electron chi connectivity index (χ3n) is 24.0. The first kappa shape index (κ1) is 107. The molecule has 56 heteroatoms. The van der Waals surface area contributed by atoms with Gasteiger partial charge in [0, 0.05) is 33.6 Å². The average Bonchev–Trinajstić information content (AvgIpc) is 0.759. The molecular weight excluding hydrogens is 1760 g/mol. The van der Waals surface area contributed by atoms with Crippen LogP contribution in [-0.4, -0.2) is 540 Å². The Morgan fingerprint density at radius 1 is 0.349 bits per heavy atom. The lowest BCUT2D eigenvalue weighted by Crippen LogP contribution is -2.71. The minimum Gasteiger partial charge on any atom is -0.410 e. The van der Waals surface area contributed by atoms with Crippen LogP contribution in [0.25, 0.3) is 0 Å². The molecule has 0 bridgehead atoms. The number of hydrogen-bond acceptors (Lipinski definition) is 52. The van der Waals surface area contributed by atoms with Gasteiger partial charge in [-0.25, -0.2) is 0 Å². The maximum atomic E-state index is 13.2. The highest BCUT2D eigenvalue weighted by Gasteiger charge is 2.63. The number of rotatable bonds is 36. The summed E-state index contributed by atoms with van der Waals surface area (Å²) in [6, 6.07) is -7.16. The van der Waals surface area contributed by atoms with E-state index in [1.165, 1.54) is 13.8 Å². The summed E-state index contributed by atoms with van der Waals surface area (Å²) in [5, 5.41) is 313. The number of carbonyl (C=O) groups excluding carboxylic acids is 5. The summed E-state index contributed by atoms with van der Waals surface area (Å²) in [4.78, 5) is 63.8. The molecule has 10 saturated heterocycles. The van der Waals surface area contributed by atoms with E-state index >= 15 is 0 Å². The molecule has 10 aliphatic heterocycles. The van der Waals surface area contributed by atoms with Gasteiger partial charge in [0.15, 0.2) is 50.3 Å². The van der Waals surface area contributed by atoms with E-state index in [1.54, 1.807) is 0 Å². The highest BCUT2D eigenvalue weighted by Crippen LogP contribution is 2.44. The van der Waals surface area contributed by atoms with Crippen molar-refractivity contribution in [3.05, 3.63) is 0 Å². The summed E-state index contributed by atoms with van der Waals surface area (Å²) in [5.74, 6) is -7.56. The molecule has 0 aromatic carbocycles. The lowest BCUT2D eigenvalue weighted by Gasteiger charge is -2.51. The predicted molar refractivity (Wildman–Crippen MR) is 399 cm³/mol. The average molecular weight is 1890 g/mol. The predicted octanol–water partition coefficient (Wildman–Crippen LogP) is -20.6. The molecule has 10 fully saturated rings. The molecule has 0 aromatic rings. The molecular formula is C73H122N4O52. The minimum absolute atomic E-state index is 0.254. The molecule has 10 rings (SSSR count). The smallest absolute Gasteiger partial charge is 0.332 e. The fourth-order valence-corrected chi connectivity index (χ4v) is 17.0. The van der Waals surface area contributed by atoms with E-state index in [-0.39, 0.29) is 6.47 Å². The topological polar surface area (TPSA) is 864 Å². The standard InChI is InChI=1S/C73H122N4O52/c1-19-25(92)7-73(111-18-87,128-56(19)40(94)26(93)8-78)129-62-44(98)30(12-82)114-70(55(62)109)124-60-34(16-86)118-66(38(49(60)103)76-23(5)90)126-63-51(105)42(96)28(10-80)115-71(63)110-17-35-45(99)61(54(108)69(120-35)123-59-33(15-85)117-65(37(47(59)101)75-22(4)89)121-57-31(13-83)112-20(2)36(46(57)100)74-21(3)88)125-72-64(52(106)43(97)29(11-81)116-72)127-67-39(77-24(6)91)48(102)58(32(14-84)119-67)122-68-53(107)50(104)41(95)27(9-79)113-68/h18-20,25-72,78-86,92-109H,7-17H2,1-6H3,(H,74,88)(H,75,89)(H,76,90)(H,77,91)/t19-,20+,25-,26-,27?,28?,29?,30?,31?,32?,33?,34+,35?,36-,37+,38?,39?,40-,41+,42-,43-,44+,45-,46?,47?,48-,49?,50+,51+,52?,53?,54-,55?,56?,57-,58-,59-,60-,61?,62+,63?,64?,65+,66+,67+,68+,69+,70+,71+,72-,73+/m1/s1. The van der Waals surface area contributed by atoms with Crippen molar-refractivity contribution in [3.63, 3.8) is 0 Å². The highest BCUT2D eigenvalue weighted by molar-refractivity contribution is 5.74. The minimum atomic E-state index is -2.88. The summed E-state index contributed by atoms with van der Waals surface area (Å²) in [6.45, 7) is -4.83. The van der Waals surface area contributed by atoms with Gasteiger partial charge in [-0.15, -0.1) is 0 Å². The zero-order valence-electron chi connectivity index (χ0n) is 70.0. The van der Waals surface area contributed by atoms with Gasteiger partial charge in [-0.1, -0.05) is 6.92 Å². The maximum Gasteiger partial charge on any atom is 0.332 e. The van der Waals surface area contributed by atoms with E-state index in [1.807, 2.05) is 0 Å². The van der Waals surface area contributed by atoms with Crippen LogP contribution in [0.5, 0.6) is 0 Å². The number of carbonyl (C=O) groups is 5.